The van der Waals surface area contributed by atoms with Crippen LogP contribution in [0.5, 0.6) is 17.2 Å². The summed E-state index contributed by atoms with van der Waals surface area (Å²) in [5.41, 5.74) is 2.26. The minimum Gasteiger partial charge on any atom is -0.452 e. The molecule has 0 radical (unpaired) electrons. The summed E-state index contributed by atoms with van der Waals surface area (Å²) in [6.07, 6.45) is -0.0106. The van der Waals surface area contributed by atoms with Crippen LogP contribution in [0, 0.1) is 0 Å². The van der Waals surface area contributed by atoms with Gasteiger partial charge in [-0.25, -0.2) is 0 Å². The molecule has 0 spiro atoms. The van der Waals surface area contributed by atoms with E-state index in [1.54, 1.807) is 38.1 Å². The third-order valence-electron chi connectivity index (χ3n) is 4.69. The van der Waals surface area contributed by atoms with Crippen LogP contribution in [-0.4, -0.2) is 18.4 Å². The first-order valence-corrected chi connectivity index (χ1v) is 8.67. The molecular formula is C21H16F2O5. The largest absolute Gasteiger partial charge is 0.452 e. The Labute approximate surface area is 159 Å². The van der Waals surface area contributed by atoms with Crippen LogP contribution in [0.1, 0.15) is 47.7 Å². The number of hydrogen-bond donors (Lipinski definition) is 0. The van der Waals surface area contributed by atoms with Crippen molar-refractivity contribution < 1.29 is 32.6 Å². The molecule has 4 rings (SSSR count). The summed E-state index contributed by atoms with van der Waals surface area (Å²) in [6.45, 7) is 0.590. The lowest BCUT2D eigenvalue weighted by atomic mass is 9.84. The summed E-state index contributed by atoms with van der Waals surface area (Å²) >= 11 is 0. The quantitative estimate of drug-likeness (QED) is 0.438. The van der Waals surface area contributed by atoms with Crippen LogP contribution in [-0.2, 0) is 4.79 Å². The van der Waals surface area contributed by atoms with E-state index in [0.717, 1.165) is 5.57 Å². The number of carbonyl (C=O) groups is 2. The number of esters is 1. The smallest absolute Gasteiger partial charge is 0.387 e. The molecule has 7 heteroatoms. The third-order valence-corrected chi connectivity index (χ3v) is 4.69. The molecule has 0 aromatic heterocycles. The number of Topliss-reactive ketones (excluding diaryl/α,β-unsaturated/α-hetero) is 1. The molecule has 2 aliphatic heterocycles. The average Bonchev–Trinajstić information content (AvgIpc) is 2.97. The molecule has 0 fully saturated rings. The standard InChI is InChI=1S/C21H16F2O5/c1-10(2)19-18(25)13-6-7-15-17(20(13)28-19)14(9-16(24)27-15)11-4-3-5-12(8-11)26-21(22)23/h3-8,14,21H,9H2,1-2H3/t14-/m0/s1. The van der Waals surface area contributed by atoms with E-state index in [1.807, 2.05) is 0 Å². The maximum Gasteiger partial charge on any atom is 0.387 e. The van der Waals surface area contributed by atoms with Crippen molar-refractivity contribution in [1.29, 1.82) is 0 Å². The number of benzene rings is 2. The molecule has 0 bridgehead atoms. The number of rotatable bonds is 3. The van der Waals surface area contributed by atoms with Crippen LogP contribution in [0.25, 0.3) is 0 Å². The van der Waals surface area contributed by atoms with Gasteiger partial charge >= 0.3 is 12.6 Å². The maximum atomic E-state index is 12.6. The van der Waals surface area contributed by atoms with Gasteiger partial charge in [0.1, 0.15) is 17.2 Å². The number of allylic oxidation sites excluding steroid dienone is 2. The van der Waals surface area contributed by atoms with Crippen molar-refractivity contribution in [3.8, 4) is 17.2 Å². The van der Waals surface area contributed by atoms with Crippen molar-refractivity contribution in [1.82, 2.24) is 0 Å². The van der Waals surface area contributed by atoms with Gasteiger partial charge in [-0.1, -0.05) is 12.1 Å². The molecule has 0 aliphatic carbocycles. The summed E-state index contributed by atoms with van der Waals surface area (Å²) in [5, 5.41) is 0. The molecule has 0 saturated heterocycles. The first-order chi connectivity index (χ1) is 13.3. The summed E-state index contributed by atoms with van der Waals surface area (Å²) in [4.78, 5) is 24.7. The van der Waals surface area contributed by atoms with Gasteiger partial charge in [-0.05, 0) is 49.2 Å². The molecular weight excluding hydrogens is 370 g/mol. The first-order valence-electron chi connectivity index (χ1n) is 8.67. The molecule has 1 atom stereocenters. The summed E-state index contributed by atoms with van der Waals surface area (Å²) in [6, 6.07) is 9.28. The normalized spacial score (nSPS) is 17.8. The van der Waals surface area contributed by atoms with Gasteiger partial charge in [-0.2, -0.15) is 8.78 Å². The molecule has 144 valence electrons. The number of alkyl halides is 2. The van der Waals surface area contributed by atoms with Gasteiger partial charge in [0.05, 0.1) is 12.0 Å². The molecule has 0 amide bonds. The van der Waals surface area contributed by atoms with Crippen LogP contribution in [0.2, 0.25) is 0 Å². The van der Waals surface area contributed by atoms with Gasteiger partial charge in [-0.15, -0.1) is 0 Å². The lowest BCUT2D eigenvalue weighted by Crippen LogP contribution is -2.21. The zero-order valence-corrected chi connectivity index (χ0v) is 15.1. The van der Waals surface area contributed by atoms with Crippen LogP contribution in [0.4, 0.5) is 8.78 Å². The summed E-state index contributed by atoms with van der Waals surface area (Å²) in [5.74, 6) is -0.333. The minimum atomic E-state index is -2.95. The van der Waals surface area contributed by atoms with Crippen molar-refractivity contribution in [3.05, 3.63) is 64.4 Å². The number of halogens is 2. The molecule has 0 unspecified atom stereocenters. The fraction of sp³-hybridized carbons (Fsp3) is 0.238. The van der Waals surface area contributed by atoms with Crippen molar-refractivity contribution in [3.63, 3.8) is 0 Å². The Kier molecular flexibility index (Phi) is 4.37. The van der Waals surface area contributed by atoms with Gasteiger partial charge < -0.3 is 14.2 Å². The predicted molar refractivity (Wildman–Crippen MR) is 94.9 cm³/mol. The van der Waals surface area contributed by atoms with Crippen molar-refractivity contribution in [2.75, 3.05) is 0 Å². The highest BCUT2D eigenvalue weighted by Gasteiger charge is 2.38. The van der Waals surface area contributed by atoms with Crippen molar-refractivity contribution in [2.45, 2.75) is 32.8 Å². The Balaban J connectivity index is 1.85. The van der Waals surface area contributed by atoms with E-state index >= 15 is 0 Å². The van der Waals surface area contributed by atoms with Crippen LogP contribution in [0.15, 0.2) is 47.7 Å². The topological polar surface area (TPSA) is 61.8 Å². The second-order valence-electron chi connectivity index (χ2n) is 6.80. The van der Waals surface area contributed by atoms with Gasteiger partial charge in [0.15, 0.2) is 5.76 Å². The van der Waals surface area contributed by atoms with E-state index in [4.69, 9.17) is 9.47 Å². The molecule has 2 aromatic carbocycles. The molecule has 5 nitrogen and oxygen atoms in total. The Morgan fingerprint density at radius 1 is 1.14 bits per heavy atom. The summed E-state index contributed by atoms with van der Waals surface area (Å²) in [7, 11) is 0. The zero-order chi connectivity index (χ0) is 20.0. The van der Waals surface area contributed by atoms with E-state index in [2.05, 4.69) is 4.74 Å². The molecule has 28 heavy (non-hydrogen) atoms. The first kappa shape index (κ1) is 18.2. The van der Waals surface area contributed by atoms with Gasteiger partial charge in [-0.3, -0.25) is 9.59 Å². The van der Waals surface area contributed by atoms with Crippen LogP contribution < -0.4 is 14.2 Å². The van der Waals surface area contributed by atoms with Gasteiger partial charge in [0, 0.05) is 11.5 Å². The van der Waals surface area contributed by atoms with E-state index < -0.39 is 18.5 Å². The third kappa shape index (κ3) is 3.02. The Bertz CT molecular complexity index is 1020. The van der Waals surface area contributed by atoms with E-state index in [0.29, 0.717) is 28.2 Å². The van der Waals surface area contributed by atoms with Crippen LogP contribution >= 0.6 is 0 Å². The zero-order valence-electron chi connectivity index (χ0n) is 15.1. The Morgan fingerprint density at radius 3 is 2.64 bits per heavy atom. The second-order valence-corrected chi connectivity index (χ2v) is 6.80. The second kappa shape index (κ2) is 6.74. The highest BCUT2D eigenvalue weighted by molar-refractivity contribution is 6.13. The van der Waals surface area contributed by atoms with Gasteiger partial charge in [0.2, 0.25) is 5.78 Å². The number of ketones is 1. The van der Waals surface area contributed by atoms with Crippen molar-refractivity contribution >= 4 is 11.8 Å². The molecule has 0 N–H and O–H groups in total. The molecule has 0 saturated carbocycles. The Hall–Kier alpha value is -3.22. The van der Waals surface area contributed by atoms with E-state index in [9.17, 15) is 18.4 Å². The van der Waals surface area contributed by atoms with E-state index in [-0.39, 0.29) is 23.7 Å². The van der Waals surface area contributed by atoms with Crippen molar-refractivity contribution in [2.24, 2.45) is 0 Å². The van der Waals surface area contributed by atoms with E-state index in [1.165, 1.54) is 12.1 Å². The Morgan fingerprint density at radius 2 is 1.93 bits per heavy atom. The lowest BCUT2D eigenvalue weighted by Gasteiger charge is -2.26. The van der Waals surface area contributed by atoms with Crippen LogP contribution in [0.3, 0.4) is 0 Å². The maximum absolute atomic E-state index is 12.6. The molecule has 2 aromatic rings. The number of ether oxygens (including phenoxy) is 3. The van der Waals surface area contributed by atoms with Gasteiger partial charge in [0.25, 0.3) is 0 Å². The minimum absolute atomic E-state index is 0.0106. The average molecular weight is 386 g/mol. The number of fused-ring (bicyclic) bond motifs is 3. The monoisotopic (exact) mass is 386 g/mol. The number of carbonyl (C=O) groups excluding carboxylic acids is 2. The highest BCUT2D eigenvalue weighted by Crippen LogP contribution is 2.49. The lowest BCUT2D eigenvalue weighted by molar-refractivity contribution is -0.135. The molecule has 2 aliphatic rings. The fourth-order valence-corrected chi connectivity index (χ4v) is 3.51. The molecule has 2 heterocycles. The SMILES string of the molecule is CC(C)=C1Oc2c(ccc3c2[C@H](c2cccc(OC(F)F)c2)CC(=O)O3)C1=O. The fourth-order valence-electron chi connectivity index (χ4n) is 3.51. The summed E-state index contributed by atoms with van der Waals surface area (Å²) < 4.78 is 40.8. The highest BCUT2D eigenvalue weighted by atomic mass is 19.3. The predicted octanol–water partition coefficient (Wildman–Crippen LogP) is 4.60. The number of hydrogen-bond acceptors (Lipinski definition) is 5.